The van der Waals surface area contributed by atoms with Gasteiger partial charge in [0.25, 0.3) is 0 Å². The summed E-state index contributed by atoms with van der Waals surface area (Å²) in [4.78, 5) is 2.41. The van der Waals surface area contributed by atoms with Crippen LogP contribution in [0.5, 0.6) is 0 Å². The zero-order valence-corrected chi connectivity index (χ0v) is 31.5. The molecule has 0 saturated carbocycles. The normalized spacial score (nSPS) is 11.2. The van der Waals surface area contributed by atoms with E-state index in [4.69, 9.17) is 0 Å². The fraction of sp³-hybridized carbons (Fsp3) is 0. The second-order valence-corrected chi connectivity index (χ2v) is 14.5. The molecule has 0 atom stereocenters. The molecule has 0 aliphatic carbocycles. The smallest absolute Gasteiger partial charge is 0.0546 e. The first-order valence-electron chi connectivity index (χ1n) is 19.6. The summed E-state index contributed by atoms with van der Waals surface area (Å²) in [6.07, 6.45) is 0. The molecule has 0 bridgehead atoms. The van der Waals surface area contributed by atoms with Crippen LogP contribution >= 0.6 is 0 Å². The van der Waals surface area contributed by atoms with Crippen molar-refractivity contribution in [1.29, 1.82) is 0 Å². The molecule has 0 aliphatic heterocycles. The van der Waals surface area contributed by atoms with Crippen molar-refractivity contribution in [2.24, 2.45) is 0 Å². The molecule has 0 fully saturated rings. The molecule has 57 heavy (non-hydrogen) atoms. The monoisotopic (exact) mass is 725 g/mol. The molecule has 0 saturated heterocycles. The molecule has 268 valence electrons. The fourth-order valence-electron chi connectivity index (χ4n) is 8.30. The lowest BCUT2D eigenvalue weighted by molar-refractivity contribution is 1.28. The van der Waals surface area contributed by atoms with Crippen molar-refractivity contribution in [2.75, 3.05) is 4.90 Å². The fourth-order valence-corrected chi connectivity index (χ4v) is 8.30. The third-order valence-corrected chi connectivity index (χ3v) is 11.1. The molecule has 0 amide bonds. The van der Waals surface area contributed by atoms with E-state index in [-0.39, 0.29) is 0 Å². The Morgan fingerprint density at radius 1 is 0.228 bits per heavy atom. The maximum absolute atomic E-state index is 2.41. The Hall–Kier alpha value is -7.48. The van der Waals surface area contributed by atoms with E-state index in [1.165, 1.54) is 77.2 Å². The van der Waals surface area contributed by atoms with Gasteiger partial charge in [0.15, 0.2) is 0 Å². The summed E-state index contributed by atoms with van der Waals surface area (Å²) in [5.41, 5.74) is 15.3. The summed E-state index contributed by atoms with van der Waals surface area (Å²) >= 11 is 0. The molecule has 0 radical (unpaired) electrons. The minimum atomic E-state index is 1.09. The number of hydrogen-bond donors (Lipinski definition) is 0. The molecule has 1 heteroatoms. The summed E-state index contributed by atoms with van der Waals surface area (Å²) in [5, 5.41) is 5.03. The van der Waals surface area contributed by atoms with E-state index < -0.39 is 0 Å². The quantitative estimate of drug-likeness (QED) is 0.141. The van der Waals surface area contributed by atoms with Crippen LogP contribution in [-0.4, -0.2) is 0 Å². The maximum Gasteiger partial charge on any atom is 0.0546 e. The van der Waals surface area contributed by atoms with Gasteiger partial charge in [-0.3, -0.25) is 0 Å². The van der Waals surface area contributed by atoms with Crippen molar-refractivity contribution in [3.05, 3.63) is 237 Å². The van der Waals surface area contributed by atoms with Gasteiger partial charge in [-0.2, -0.15) is 0 Å². The van der Waals surface area contributed by atoms with Gasteiger partial charge in [0.05, 0.1) is 5.69 Å². The van der Waals surface area contributed by atoms with E-state index in [9.17, 15) is 0 Å². The van der Waals surface area contributed by atoms with Crippen molar-refractivity contribution in [3.8, 4) is 55.6 Å². The number of fused-ring (bicyclic) bond motifs is 3. The third-order valence-electron chi connectivity index (χ3n) is 11.1. The highest BCUT2D eigenvalue weighted by atomic mass is 15.1. The molecule has 0 aromatic heterocycles. The molecular weight excluding hydrogens is 687 g/mol. The number of hydrogen-bond acceptors (Lipinski definition) is 1. The molecule has 10 rings (SSSR count). The largest absolute Gasteiger partial charge is 0.310 e. The lowest BCUT2D eigenvalue weighted by atomic mass is 9.91. The second kappa shape index (κ2) is 15.0. The van der Waals surface area contributed by atoms with Gasteiger partial charge in [-0.1, -0.05) is 194 Å². The van der Waals surface area contributed by atoms with Gasteiger partial charge in [-0.15, -0.1) is 0 Å². The van der Waals surface area contributed by atoms with Crippen LogP contribution in [0.3, 0.4) is 0 Å². The number of para-hydroxylation sites is 1. The topological polar surface area (TPSA) is 3.24 Å². The van der Waals surface area contributed by atoms with Gasteiger partial charge in [0.1, 0.15) is 0 Å². The van der Waals surface area contributed by atoms with E-state index in [0.29, 0.717) is 0 Å². The van der Waals surface area contributed by atoms with Crippen LogP contribution in [0.1, 0.15) is 0 Å². The number of benzene rings is 10. The van der Waals surface area contributed by atoms with Crippen LogP contribution in [0.2, 0.25) is 0 Å². The first kappa shape index (κ1) is 34.0. The molecule has 0 unspecified atom stereocenters. The van der Waals surface area contributed by atoms with Crippen molar-refractivity contribution < 1.29 is 0 Å². The summed E-state index contributed by atoms with van der Waals surface area (Å²) in [5.74, 6) is 0. The summed E-state index contributed by atoms with van der Waals surface area (Å²) in [6.45, 7) is 0. The number of nitrogens with zero attached hydrogens (tertiary/aromatic N) is 1. The predicted molar refractivity (Wildman–Crippen MR) is 243 cm³/mol. The molecule has 10 aromatic rings. The molecule has 0 spiro atoms. The van der Waals surface area contributed by atoms with Gasteiger partial charge in [-0.25, -0.2) is 0 Å². The first-order chi connectivity index (χ1) is 28.3. The lowest BCUT2D eigenvalue weighted by Crippen LogP contribution is -2.11. The van der Waals surface area contributed by atoms with Crippen molar-refractivity contribution in [1.82, 2.24) is 0 Å². The maximum atomic E-state index is 2.41. The van der Waals surface area contributed by atoms with Gasteiger partial charge >= 0.3 is 0 Å². The Morgan fingerprint density at radius 3 is 1.37 bits per heavy atom. The van der Waals surface area contributed by atoms with E-state index in [2.05, 4.69) is 241 Å². The van der Waals surface area contributed by atoms with E-state index >= 15 is 0 Å². The molecule has 1 nitrogen and oxygen atoms in total. The lowest BCUT2D eigenvalue weighted by Gasteiger charge is -2.29. The van der Waals surface area contributed by atoms with Crippen LogP contribution in [0.25, 0.3) is 77.2 Å². The molecule has 0 heterocycles. The van der Waals surface area contributed by atoms with Gasteiger partial charge in [0.2, 0.25) is 0 Å². The van der Waals surface area contributed by atoms with Crippen LogP contribution in [-0.2, 0) is 0 Å². The third kappa shape index (κ3) is 6.56. The highest BCUT2D eigenvalue weighted by Gasteiger charge is 2.20. The van der Waals surface area contributed by atoms with Crippen molar-refractivity contribution in [2.45, 2.75) is 0 Å². The predicted octanol–water partition coefficient (Wildman–Crippen LogP) is 15.8. The standard InChI is InChI=1S/C56H39N/c1-5-17-41(18-6-1)50-35-31-44(37-54(50)43-21-9-3-10-22-43)40-29-33-48(34-30-40)57(47-24-11-4-12-25-47)56-39-46(32-36-51(56)42-19-7-2-8-20-42)55-38-45-23-13-14-26-49(45)52-27-15-16-28-53(52)55/h1-39H. The number of anilines is 3. The van der Waals surface area contributed by atoms with E-state index in [1.807, 2.05) is 0 Å². The Morgan fingerprint density at radius 2 is 0.702 bits per heavy atom. The number of rotatable bonds is 8. The van der Waals surface area contributed by atoms with Gasteiger partial charge < -0.3 is 4.90 Å². The second-order valence-electron chi connectivity index (χ2n) is 14.5. The highest BCUT2D eigenvalue weighted by Crippen LogP contribution is 2.45. The molecule has 10 aromatic carbocycles. The van der Waals surface area contributed by atoms with Crippen LogP contribution in [0.4, 0.5) is 17.1 Å². The Balaban J connectivity index is 1.13. The Labute approximate surface area is 334 Å². The molecule has 0 N–H and O–H groups in total. The Bertz CT molecular complexity index is 2970. The Kier molecular flexibility index (Phi) is 8.95. The minimum absolute atomic E-state index is 1.09. The van der Waals surface area contributed by atoms with Gasteiger partial charge in [0, 0.05) is 16.9 Å². The average molecular weight is 726 g/mol. The molecule has 0 aliphatic rings. The zero-order chi connectivity index (χ0) is 38.0. The first-order valence-corrected chi connectivity index (χ1v) is 19.6. The summed E-state index contributed by atoms with van der Waals surface area (Å²) in [7, 11) is 0. The van der Waals surface area contributed by atoms with Crippen LogP contribution in [0, 0.1) is 0 Å². The van der Waals surface area contributed by atoms with Crippen LogP contribution < -0.4 is 4.90 Å². The molecular formula is C56H39N. The van der Waals surface area contributed by atoms with Crippen molar-refractivity contribution >= 4 is 38.6 Å². The average Bonchev–Trinajstić information content (AvgIpc) is 3.30. The van der Waals surface area contributed by atoms with E-state index in [1.54, 1.807) is 0 Å². The SMILES string of the molecule is c1ccc(-c2ccc(-c3ccc(N(c4ccccc4)c4cc(-c5cc6ccccc6c6ccccc56)ccc4-c4ccccc4)cc3)cc2-c2ccccc2)cc1. The van der Waals surface area contributed by atoms with Crippen LogP contribution in [0.15, 0.2) is 237 Å². The van der Waals surface area contributed by atoms with Crippen molar-refractivity contribution in [3.63, 3.8) is 0 Å². The summed E-state index contributed by atoms with van der Waals surface area (Å²) < 4.78 is 0. The van der Waals surface area contributed by atoms with Gasteiger partial charge in [-0.05, 0) is 114 Å². The summed E-state index contributed by atoms with van der Waals surface area (Å²) in [6, 6.07) is 85.6. The zero-order valence-electron chi connectivity index (χ0n) is 31.5. The minimum Gasteiger partial charge on any atom is -0.310 e. The van der Waals surface area contributed by atoms with E-state index in [0.717, 1.165) is 17.1 Å². The highest BCUT2D eigenvalue weighted by molar-refractivity contribution is 6.14.